The van der Waals surface area contributed by atoms with Gasteiger partial charge in [-0.1, -0.05) is 26.0 Å². The smallest absolute Gasteiger partial charge is 0.337 e. The third kappa shape index (κ3) is 4.16. The summed E-state index contributed by atoms with van der Waals surface area (Å²) in [6.45, 7) is 6.36. The SMILES string of the molecule is CC(=O)N(CC(C)C)c1ccc(-c2ccc(C(=O)O)cn2)cc1. The number of aromatic carboxylic acids is 1. The number of rotatable bonds is 5. The number of aromatic nitrogens is 1. The molecule has 1 aromatic heterocycles. The molecule has 0 aliphatic rings. The molecule has 0 atom stereocenters. The Kier molecular flexibility index (Phi) is 5.11. The van der Waals surface area contributed by atoms with Crippen LogP contribution in [0.1, 0.15) is 31.1 Å². The second kappa shape index (κ2) is 7.05. The van der Waals surface area contributed by atoms with Gasteiger partial charge in [0.2, 0.25) is 5.91 Å². The Hall–Kier alpha value is -2.69. The number of hydrogen-bond donors (Lipinski definition) is 1. The maximum absolute atomic E-state index is 11.8. The summed E-state index contributed by atoms with van der Waals surface area (Å²) in [7, 11) is 0. The summed E-state index contributed by atoms with van der Waals surface area (Å²) in [6, 6.07) is 10.7. The van der Waals surface area contributed by atoms with Crippen LogP contribution in [0, 0.1) is 5.92 Å². The molecule has 0 saturated heterocycles. The van der Waals surface area contributed by atoms with Crippen LogP contribution < -0.4 is 4.90 Å². The largest absolute Gasteiger partial charge is 0.478 e. The molecule has 1 heterocycles. The summed E-state index contributed by atoms with van der Waals surface area (Å²) in [6.07, 6.45) is 1.34. The molecule has 0 bridgehead atoms. The van der Waals surface area contributed by atoms with Crippen LogP contribution >= 0.6 is 0 Å². The number of benzene rings is 1. The predicted octanol–water partition coefficient (Wildman–Crippen LogP) is 3.46. The van der Waals surface area contributed by atoms with Crippen molar-refractivity contribution in [3.05, 3.63) is 48.2 Å². The number of carbonyl (C=O) groups is 2. The lowest BCUT2D eigenvalue weighted by Gasteiger charge is -2.23. The molecule has 0 saturated carbocycles. The molecule has 5 heteroatoms. The minimum atomic E-state index is -0.995. The molecule has 2 rings (SSSR count). The van der Waals surface area contributed by atoms with Gasteiger partial charge in [0.05, 0.1) is 11.3 Å². The van der Waals surface area contributed by atoms with Crippen LogP contribution in [0.25, 0.3) is 11.3 Å². The first-order valence-electron chi connectivity index (χ1n) is 7.46. The lowest BCUT2D eigenvalue weighted by atomic mass is 10.1. The number of pyridine rings is 1. The Labute approximate surface area is 135 Å². The molecule has 23 heavy (non-hydrogen) atoms. The quantitative estimate of drug-likeness (QED) is 0.918. The van der Waals surface area contributed by atoms with Crippen molar-refractivity contribution < 1.29 is 14.7 Å². The summed E-state index contributed by atoms with van der Waals surface area (Å²) < 4.78 is 0. The van der Waals surface area contributed by atoms with E-state index in [4.69, 9.17) is 5.11 Å². The minimum absolute atomic E-state index is 0.00962. The van der Waals surface area contributed by atoms with Crippen LogP contribution in [0.3, 0.4) is 0 Å². The molecule has 0 radical (unpaired) electrons. The zero-order chi connectivity index (χ0) is 17.0. The van der Waals surface area contributed by atoms with E-state index in [2.05, 4.69) is 18.8 Å². The molecule has 1 aromatic carbocycles. The fourth-order valence-electron chi connectivity index (χ4n) is 2.28. The average molecular weight is 312 g/mol. The van der Waals surface area contributed by atoms with Crippen LogP contribution in [0.4, 0.5) is 5.69 Å². The lowest BCUT2D eigenvalue weighted by molar-refractivity contribution is -0.116. The third-order valence-electron chi connectivity index (χ3n) is 3.41. The van der Waals surface area contributed by atoms with E-state index in [1.165, 1.54) is 12.3 Å². The van der Waals surface area contributed by atoms with Crippen LogP contribution in [0.15, 0.2) is 42.6 Å². The van der Waals surface area contributed by atoms with Crippen LogP contribution in [0.5, 0.6) is 0 Å². The molecule has 5 nitrogen and oxygen atoms in total. The molecule has 1 N–H and O–H groups in total. The highest BCUT2D eigenvalue weighted by molar-refractivity contribution is 5.91. The first kappa shape index (κ1) is 16.7. The van der Waals surface area contributed by atoms with Gasteiger partial charge >= 0.3 is 5.97 Å². The molecule has 0 spiro atoms. The van der Waals surface area contributed by atoms with E-state index >= 15 is 0 Å². The zero-order valence-electron chi connectivity index (χ0n) is 13.5. The summed E-state index contributed by atoms with van der Waals surface area (Å²) in [5, 5.41) is 8.89. The molecule has 0 unspecified atom stereocenters. The molecular formula is C18H20N2O3. The fraction of sp³-hybridized carbons (Fsp3) is 0.278. The summed E-state index contributed by atoms with van der Waals surface area (Å²) in [5.74, 6) is -0.607. The molecule has 1 amide bonds. The van der Waals surface area contributed by atoms with Gasteiger partial charge in [0.25, 0.3) is 0 Å². The number of anilines is 1. The Morgan fingerprint density at radius 2 is 1.78 bits per heavy atom. The minimum Gasteiger partial charge on any atom is -0.478 e. The monoisotopic (exact) mass is 312 g/mol. The van der Waals surface area contributed by atoms with Crippen molar-refractivity contribution in [2.75, 3.05) is 11.4 Å². The number of nitrogens with zero attached hydrogens (tertiary/aromatic N) is 2. The van der Waals surface area contributed by atoms with Crippen molar-refractivity contribution in [2.24, 2.45) is 5.92 Å². The van der Waals surface area contributed by atoms with Gasteiger partial charge in [0.1, 0.15) is 0 Å². The first-order chi connectivity index (χ1) is 10.9. The Morgan fingerprint density at radius 3 is 2.22 bits per heavy atom. The molecule has 0 aliphatic carbocycles. The number of hydrogen-bond acceptors (Lipinski definition) is 3. The van der Waals surface area contributed by atoms with E-state index < -0.39 is 5.97 Å². The van der Waals surface area contributed by atoms with Crippen molar-refractivity contribution in [3.63, 3.8) is 0 Å². The fourth-order valence-corrected chi connectivity index (χ4v) is 2.28. The topological polar surface area (TPSA) is 70.5 Å². The molecular weight excluding hydrogens is 292 g/mol. The lowest BCUT2D eigenvalue weighted by Crippen LogP contribution is -2.32. The van der Waals surface area contributed by atoms with Crippen LogP contribution in [-0.4, -0.2) is 28.5 Å². The maximum atomic E-state index is 11.8. The van der Waals surface area contributed by atoms with Gasteiger partial charge in [0.15, 0.2) is 0 Å². The van der Waals surface area contributed by atoms with Gasteiger partial charge in [0, 0.05) is 30.9 Å². The molecule has 120 valence electrons. The van der Waals surface area contributed by atoms with Crippen molar-refractivity contribution in [1.29, 1.82) is 0 Å². The number of carbonyl (C=O) groups excluding carboxylic acids is 1. The van der Waals surface area contributed by atoms with E-state index in [-0.39, 0.29) is 11.5 Å². The van der Waals surface area contributed by atoms with Crippen molar-refractivity contribution in [3.8, 4) is 11.3 Å². The second-order valence-electron chi connectivity index (χ2n) is 5.81. The van der Waals surface area contributed by atoms with Crippen molar-refractivity contribution in [2.45, 2.75) is 20.8 Å². The van der Waals surface area contributed by atoms with Gasteiger partial charge in [-0.05, 0) is 30.2 Å². The van der Waals surface area contributed by atoms with Gasteiger partial charge in [-0.3, -0.25) is 9.78 Å². The Morgan fingerprint density at radius 1 is 1.13 bits per heavy atom. The van der Waals surface area contributed by atoms with E-state index in [0.29, 0.717) is 18.2 Å². The molecule has 2 aromatic rings. The highest BCUT2D eigenvalue weighted by Crippen LogP contribution is 2.23. The van der Waals surface area contributed by atoms with E-state index in [1.54, 1.807) is 17.9 Å². The van der Waals surface area contributed by atoms with E-state index in [0.717, 1.165) is 11.3 Å². The third-order valence-corrected chi connectivity index (χ3v) is 3.41. The summed E-state index contributed by atoms with van der Waals surface area (Å²) in [5.41, 5.74) is 2.57. The van der Waals surface area contributed by atoms with E-state index in [1.807, 2.05) is 24.3 Å². The number of carboxylic acid groups (broad SMARTS) is 1. The zero-order valence-corrected chi connectivity index (χ0v) is 13.5. The standard InChI is InChI=1S/C18H20N2O3/c1-12(2)11-20(13(3)21)16-7-4-14(5-8-16)17-9-6-15(10-19-17)18(22)23/h4-10,12H,11H2,1-3H3,(H,22,23). The number of carboxylic acids is 1. The summed E-state index contributed by atoms with van der Waals surface area (Å²) >= 11 is 0. The molecule has 0 aliphatic heterocycles. The number of amides is 1. The van der Waals surface area contributed by atoms with Crippen molar-refractivity contribution >= 4 is 17.6 Å². The van der Waals surface area contributed by atoms with Gasteiger partial charge < -0.3 is 10.0 Å². The van der Waals surface area contributed by atoms with Gasteiger partial charge in [-0.2, -0.15) is 0 Å². The van der Waals surface area contributed by atoms with Crippen LogP contribution in [0.2, 0.25) is 0 Å². The van der Waals surface area contributed by atoms with Crippen molar-refractivity contribution in [1.82, 2.24) is 4.98 Å². The highest BCUT2D eigenvalue weighted by Gasteiger charge is 2.13. The first-order valence-corrected chi connectivity index (χ1v) is 7.46. The Balaban J connectivity index is 2.24. The van der Waals surface area contributed by atoms with E-state index in [9.17, 15) is 9.59 Å². The normalized spacial score (nSPS) is 10.6. The average Bonchev–Trinajstić information content (AvgIpc) is 2.52. The van der Waals surface area contributed by atoms with Gasteiger partial charge in [-0.15, -0.1) is 0 Å². The van der Waals surface area contributed by atoms with Gasteiger partial charge in [-0.25, -0.2) is 4.79 Å². The highest BCUT2D eigenvalue weighted by atomic mass is 16.4. The maximum Gasteiger partial charge on any atom is 0.337 e. The Bertz CT molecular complexity index is 691. The predicted molar refractivity (Wildman–Crippen MR) is 89.5 cm³/mol. The van der Waals surface area contributed by atoms with Crippen LogP contribution in [-0.2, 0) is 4.79 Å². The second-order valence-corrected chi connectivity index (χ2v) is 5.81. The summed E-state index contributed by atoms with van der Waals surface area (Å²) in [4.78, 5) is 28.5. The molecule has 0 fully saturated rings.